The zero-order valence-corrected chi connectivity index (χ0v) is 19.2. The zero-order chi connectivity index (χ0) is 24.6. The van der Waals surface area contributed by atoms with E-state index in [2.05, 4.69) is 15.4 Å². The predicted molar refractivity (Wildman–Crippen MR) is 124 cm³/mol. The second-order valence-electron chi connectivity index (χ2n) is 7.39. The molecule has 0 bridgehead atoms. The molecule has 34 heavy (non-hydrogen) atoms. The summed E-state index contributed by atoms with van der Waals surface area (Å²) in [5, 5.41) is 5.03. The minimum Gasteiger partial charge on any atom is -0.457 e. The van der Waals surface area contributed by atoms with Crippen LogP contribution >= 0.6 is 0 Å². The van der Waals surface area contributed by atoms with Crippen molar-refractivity contribution in [3.63, 3.8) is 0 Å². The van der Waals surface area contributed by atoms with Crippen molar-refractivity contribution in [2.45, 2.75) is 18.4 Å². The molecule has 0 aliphatic heterocycles. The lowest BCUT2D eigenvalue weighted by Gasteiger charge is -2.10. The first-order chi connectivity index (χ1) is 16.2. The Balaban J connectivity index is 1.38. The third kappa shape index (κ3) is 7.68. The Labute approximate surface area is 197 Å². The van der Waals surface area contributed by atoms with E-state index in [4.69, 9.17) is 4.74 Å². The van der Waals surface area contributed by atoms with Gasteiger partial charge in [-0.05, 0) is 61.0 Å². The van der Waals surface area contributed by atoms with Gasteiger partial charge in [-0.3, -0.25) is 9.59 Å². The first-order valence-electron chi connectivity index (χ1n) is 10.3. The van der Waals surface area contributed by atoms with Crippen molar-refractivity contribution < 1.29 is 27.1 Å². The number of aryl methyl sites for hydroxylation is 1. The van der Waals surface area contributed by atoms with Crippen LogP contribution < -0.4 is 20.1 Å². The monoisotopic (exact) mass is 485 g/mol. The van der Waals surface area contributed by atoms with Crippen molar-refractivity contribution >= 4 is 21.8 Å². The molecule has 0 saturated carbocycles. The second-order valence-corrected chi connectivity index (χ2v) is 9.16. The van der Waals surface area contributed by atoms with Gasteiger partial charge in [-0.15, -0.1) is 0 Å². The summed E-state index contributed by atoms with van der Waals surface area (Å²) >= 11 is 0. The Morgan fingerprint density at radius 2 is 1.35 bits per heavy atom. The van der Waals surface area contributed by atoms with E-state index in [9.17, 15) is 22.4 Å². The van der Waals surface area contributed by atoms with Crippen molar-refractivity contribution in [1.29, 1.82) is 0 Å². The molecule has 0 radical (unpaired) electrons. The van der Waals surface area contributed by atoms with Gasteiger partial charge in [0, 0.05) is 6.54 Å². The maximum Gasteiger partial charge on any atom is 0.241 e. The van der Waals surface area contributed by atoms with Crippen molar-refractivity contribution in [2.75, 3.05) is 13.1 Å². The number of amides is 2. The first kappa shape index (κ1) is 24.9. The van der Waals surface area contributed by atoms with Crippen LogP contribution in [0.5, 0.6) is 11.5 Å². The Hall–Kier alpha value is -3.76. The van der Waals surface area contributed by atoms with E-state index in [0.29, 0.717) is 11.5 Å². The van der Waals surface area contributed by atoms with Crippen LogP contribution in [0.4, 0.5) is 4.39 Å². The second kappa shape index (κ2) is 11.4. The number of carbonyl (C=O) groups is 2. The van der Waals surface area contributed by atoms with E-state index in [0.717, 1.165) is 11.1 Å². The van der Waals surface area contributed by atoms with Crippen LogP contribution in [0.3, 0.4) is 0 Å². The number of sulfonamides is 1. The summed E-state index contributed by atoms with van der Waals surface area (Å²) < 4.78 is 45.1. The Morgan fingerprint density at radius 1 is 0.794 bits per heavy atom. The van der Waals surface area contributed by atoms with E-state index in [-0.39, 0.29) is 23.8 Å². The molecule has 8 nitrogen and oxygen atoms in total. The molecule has 0 atom stereocenters. The quantitative estimate of drug-likeness (QED) is 0.409. The average molecular weight is 486 g/mol. The van der Waals surface area contributed by atoms with E-state index in [1.807, 2.05) is 6.92 Å². The molecule has 3 N–H and O–H groups in total. The molecule has 0 saturated heterocycles. The largest absolute Gasteiger partial charge is 0.457 e. The molecular formula is C24H24FN3O5S. The van der Waals surface area contributed by atoms with Crippen LogP contribution in [0.2, 0.25) is 0 Å². The molecule has 0 unspecified atom stereocenters. The molecule has 0 aliphatic carbocycles. The van der Waals surface area contributed by atoms with Gasteiger partial charge in [0.2, 0.25) is 21.8 Å². The van der Waals surface area contributed by atoms with Gasteiger partial charge < -0.3 is 15.4 Å². The van der Waals surface area contributed by atoms with Crippen molar-refractivity contribution in [2.24, 2.45) is 0 Å². The highest BCUT2D eigenvalue weighted by molar-refractivity contribution is 7.89. The normalized spacial score (nSPS) is 11.0. The first-order valence-corrected chi connectivity index (χ1v) is 11.8. The minimum absolute atomic E-state index is 0.0535. The Morgan fingerprint density at radius 3 is 1.97 bits per heavy atom. The molecule has 3 aromatic carbocycles. The number of nitrogens with one attached hydrogen (secondary N) is 3. The van der Waals surface area contributed by atoms with Crippen molar-refractivity contribution in [3.05, 3.63) is 89.7 Å². The lowest BCUT2D eigenvalue weighted by atomic mass is 10.2. The van der Waals surface area contributed by atoms with Crippen LogP contribution in [0.15, 0.2) is 77.7 Å². The highest BCUT2D eigenvalue weighted by Gasteiger charge is 2.15. The van der Waals surface area contributed by atoms with Gasteiger partial charge in [-0.2, -0.15) is 0 Å². The molecule has 0 spiro atoms. The molecular weight excluding hydrogens is 461 g/mol. The van der Waals surface area contributed by atoms with Gasteiger partial charge in [0.15, 0.2) is 0 Å². The molecule has 3 rings (SSSR count). The molecule has 0 aromatic heterocycles. The SMILES string of the molecule is Cc1ccc(S(=O)(=O)NCC(=O)NCC(=O)NCc2ccc(Oc3ccc(F)cc3)cc2)cc1. The van der Waals surface area contributed by atoms with E-state index >= 15 is 0 Å². The van der Waals surface area contributed by atoms with Crippen LogP contribution in [0.1, 0.15) is 11.1 Å². The number of halogens is 1. The third-order valence-electron chi connectivity index (χ3n) is 4.66. The average Bonchev–Trinajstić information content (AvgIpc) is 2.83. The van der Waals surface area contributed by atoms with Gasteiger partial charge >= 0.3 is 0 Å². The predicted octanol–water partition coefficient (Wildman–Crippen LogP) is 2.64. The fourth-order valence-corrected chi connectivity index (χ4v) is 3.76. The minimum atomic E-state index is -3.82. The maximum atomic E-state index is 12.9. The number of ether oxygens (including phenoxy) is 1. The molecule has 3 aromatic rings. The van der Waals surface area contributed by atoms with Gasteiger partial charge in [0.05, 0.1) is 18.0 Å². The lowest BCUT2D eigenvalue weighted by Crippen LogP contribution is -2.41. The maximum absolute atomic E-state index is 12.9. The van der Waals surface area contributed by atoms with Crippen molar-refractivity contribution in [3.8, 4) is 11.5 Å². The number of carbonyl (C=O) groups excluding carboxylic acids is 2. The van der Waals surface area contributed by atoms with Crippen LogP contribution in [-0.4, -0.2) is 33.3 Å². The molecule has 10 heteroatoms. The summed E-state index contributed by atoms with van der Waals surface area (Å²) in [6.45, 7) is 1.28. The summed E-state index contributed by atoms with van der Waals surface area (Å²) in [6.07, 6.45) is 0. The highest BCUT2D eigenvalue weighted by atomic mass is 32.2. The summed E-state index contributed by atoms with van der Waals surface area (Å²) in [5.74, 6) is -0.353. The van der Waals surface area contributed by atoms with E-state index in [1.165, 1.54) is 36.4 Å². The fraction of sp³-hybridized carbons (Fsp3) is 0.167. The van der Waals surface area contributed by atoms with Gasteiger partial charge in [-0.1, -0.05) is 29.8 Å². The molecule has 0 aliphatic rings. The Kier molecular flexibility index (Phi) is 8.34. The van der Waals surface area contributed by atoms with Gasteiger partial charge in [0.1, 0.15) is 17.3 Å². The number of rotatable bonds is 10. The van der Waals surface area contributed by atoms with Gasteiger partial charge in [-0.25, -0.2) is 17.5 Å². The van der Waals surface area contributed by atoms with Crippen LogP contribution in [-0.2, 0) is 26.2 Å². The van der Waals surface area contributed by atoms with E-state index in [1.54, 1.807) is 36.4 Å². The highest BCUT2D eigenvalue weighted by Crippen LogP contribution is 2.21. The smallest absolute Gasteiger partial charge is 0.241 e. The lowest BCUT2D eigenvalue weighted by molar-refractivity contribution is -0.125. The summed E-state index contributed by atoms with van der Waals surface area (Å²) in [6, 6.07) is 18.8. The third-order valence-corrected chi connectivity index (χ3v) is 6.08. The topological polar surface area (TPSA) is 114 Å². The number of benzene rings is 3. The molecule has 0 heterocycles. The Bertz CT molecular complexity index is 1230. The molecule has 0 fully saturated rings. The van der Waals surface area contributed by atoms with Crippen molar-refractivity contribution in [1.82, 2.24) is 15.4 Å². The fourth-order valence-electron chi connectivity index (χ4n) is 2.78. The standard InChI is InChI=1S/C24H24FN3O5S/c1-17-2-12-22(13-3-17)34(31,32)28-16-24(30)27-15-23(29)26-14-18-4-8-20(9-5-18)33-21-10-6-19(25)7-11-21/h2-13,28H,14-16H2,1H3,(H,26,29)(H,27,30). The number of hydrogen-bond donors (Lipinski definition) is 3. The zero-order valence-electron chi connectivity index (χ0n) is 18.4. The van der Waals surface area contributed by atoms with Gasteiger partial charge in [0.25, 0.3) is 0 Å². The molecule has 2 amide bonds. The summed E-state index contributed by atoms with van der Waals surface area (Å²) in [7, 11) is -3.82. The van der Waals surface area contributed by atoms with Crippen LogP contribution in [0.25, 0.3) is 0 Å². The number of hydrogen-bond acceptors (Lipinski definition) is 5. The molecule has 178 valence electrons. The van der Waals surface area contributed by atoms with E-state index < -0.39 is 28.4 Å². The van der Waals surface area contributed by atoms with Crippen LogP contribution in [0, 0.1) is 12.7 Å². The summed E-state index contributed by atoms with van der Waals surface area (Å²) in [4.78, 5) is 24.0. The summed E-state index contributed by atoms with van der Waals surface area (Å²) in [5.41, 5.74) is 1.72.